The summed E-state index contributed by atoms with van der Waals surface area (Å²) in [5, 5.41) is 0. The van der Waals surface area contributed by atoms with Crippen LogP contribution < -0.4 is 51.4 Å². The van der Waals surface area contributed by atoms with Gasteiger partial charge < -0.3 is 17.7 Å². The average molecular weight is 248 g/mol. The fraction of sp³-hybridized carbons (Fsp3) is 1.00. The van der Waals surface area contributed by atoms with Gasteiger partial charge in [0.1, 0.15) is 0 Å². The first-order valence-corrected chi connectivity index (χ1v) is 3.56. The summed E-state index contributed by atoms with van der Waals surface area (Å²) in [6, 6.07) is 0. The molecule has 0 unspecified atom stereocenters. The van der Waals surface area contributed by atoms with E-state index in [4.69, 9.17) is 0 Å². The van der Waals surface area contributed by atoms with Crippen molar-refractivity contribution in [1.29, 1.82) is 0 Å². The van der Waals surface area contributed by atoms with Crippen molar-refractivity contribution >= 4 is 6.98 Å². The Kier molecular flexibility index (Phi) is 9.45. The molecule has 0 rings (SSSR count). The van der Waals surface area contributed by atoms with Crippen LogP contribution in [0, 0.1) is 0 Å². The van der Waals surface area contributed by atoms with Gasteiger partial charge in [-0.25, -0.2) is 0 Å². The first-order chi connectivity index (χ1) is 5.71. The second-order valence-electron chi connectivity index (χ2n) is 2.50. The van der Waals surface area contributed by atoms with Gasteiger partial charge in [0, 0.05) is 19.5 Å². The van der Waals surface area contributed by atoms with Crippen molar-refractivity contribution in [2.75, 3.05) is 13.1 Å². The molecule has 0 aromatic carbocycles. The standard InChI is InChI=1S/C5H8BF6O.K/c7-5(8,9)2-1-3-13-4-6(10,11)12;/h1-4H2;/q-1;+1. The second-order valence-corrected chi connectivity index (χ2v) is 2.50. The third-order valence-corrected chi connectivity index (χ3v) is 1.06. The third-order valence-electron chi connectivity index (χ3n) is 1.06. The van der Waals surface area contributed by atoms with Crippen LogP contribution in [-0.2, 0) is 4.74 Å². The zero-order chi connectivity index (χ0) is 10.5. The van der Waals surface area contributed by atoms with Crippen LogP contribution in [0.25, 0.3) is 0 Å². The molecule has 0 spiro atoms. The van der Waals surface area contributed by atoms with Crippen molar-refractivity contribution in [2.24, 2.45) is 0 Å². The Bertz CT molecular complexity index is 130. The van der Waals surface area contributed by atoms with E-state index in [0.717, 1.165) is 0 Å². The molecule has 0 aliphatic rings. The van der Waals surface area contributed by atoms with E-state index in [1.807, 2.05) is 0 Å². The minimum atomic E-state index is -5.05. The summed E-state index contributed by atoms with van der Waals surface area (Å²) in [4.78, 5) is 0. The molecule has 0 aromatic rings. The maximum absolute atomic E-state index is 11.4. The van der Waals surface area contributed by atoms with Crippen LogP contribution >= 0.6 is 0 Å². The van der Waals surface area contributed by atoms with Gasteiger partial charge >= 0.3 is 64.5 Å². The summed E-state index contributed by atoms with van der Waals surface area (Å²) >= 11 is 0. The topological polar surface area (TPSA) is 9.23 Å². The fourth-order valence-corrected chi connectivity index (χ4v) is 0.592. The van der Waals surface area contributed by atoms with Crippen LogP contribution in [-0.4, -0.2) is 26.3 Å². The van der Waals surface area contributed by atoms with E-state index in [0.29, 0.717) is 0 Å². The van der Waals surface area contributed by atoms with Crippen LogP contribution in [0.3, 0.4) is 0 Å². The van der Waals surface area contributed by atoms with Crippen molar-refractivity contribution in [3.05, 3.63) is 0 Å². The Morgan fingerprint density at radius 3 is 1.93 bits per heavy atom. The quantitative estimate of drug-likeness (QED) is 0.370. The summed E-state index contributed by atoms with van der Waals surface area (Å²) in [5.41, 5.74) is 0. The van der Waals surface area contributed by atoms with Crippen molar-refractivity contribution in [2.45, 2.75) is 19.0 Å². The van der Waals surface area contributed by atoms with E-state index in [2.05, 4.69) is 4.74 Å². The van der Waals surface area contributed by atoms with Gasteiger partial charge in [-0.15, -0.1) is 0 Å². The Hall–Kier alpha value is 1.24. The van der Waals surface area contributed by atoms with E-state index < -0.39 is 39.1 Å². The van der Waals surface area contributed by atoms with Gasteiger partial charge in [-0.1, -0.05) is 0 Å². The zero-order valence-electron chi connectivity index (χ0n) is 7.58. The van der Waals surface area contributed by atoms with Crippen molar-refractivity contribution < 1.29 is 82.2 Å². The summed E-state index contributed by atoms with van der Waals surface area (Å²) in [6.07, 6.45) is -5.87. The van der Waals surface area contributed by atoms with Gasteiger partial charge in [0.2, 0.25) is 0 Å². The van der Waals surface area contributed by atoms with Crippen LogP contribution in [0.1, 0.15) is 12.8 Å². The van der Waals surface area contributed by atoms with Gasteiger partial charge in [-0.05, 0) is 6.42 Å². The Labute approximate surface area is 120 Å². The number of rotatable bonds is 5. The molecule has 0 atom stereocenters. The summed E-state index contributed by atoms with van der Waals surface area (Å²) in [5.74, 6) is 0. The molecule has 0 radical (unpaired) electrons. The second kappa shape index (κ2) is 7.50. The van der Waals surface area contributed by atoms with E-state index >= 15 is 0 Å². The molecule has 0 saturated carbocycles. The Morgan fingerprint density at radius 2 is 1.57 bits per heavy atom. The molecule has 0 heterocycles. The summed E-state index contributed by atoms with van der Waals surface area (Å²) in [6.45, 7) is -7.00. The van der Waals surface area contributed by atoms with Crippen molar-refractivity contribution in [3.63, 3.8) is 0 Å². The molecule has 14 heavy (non-hydrogen) atoms. The monoisotopic (exact) mass is 248 g/mol. The maximum Gasteiger partial charge on any atom is 1.00 e. The molecule has 80 valence electrons. The number of hydrogen-bond acceptors (Lipinski definition) is 1. The average Bonchev–Trinajstić information content (AvgIpc) is 1.81. The summed E-state index contributed by atoms with van der Waals surface area (Å²) < 4.78 is 72.6. The van der Waals surface area contributed by atoms with Crippen LogP contribution in [0.4, 0.5) is 26.1 Å². The van der Waals surface area contributed by atoms with Gasteiger partial charge in [-0.3, -0.25) is 0 Å². The van der Waals surface area contributed by atoms with Gasteiger partial charge in [0.25, 0.3) is 0 Å². The molecule has 1 nitrogen and oxygen atoms in total. The number of halogens is 6. The van der Waals surface area contributed by atoms with Gasteiger partial charge in [-0.2, -0.15) is 13.2 Å². The molecular formula is C5H8BF6KO. The van der Waals surface area contributed by atoms with Crippen LogP contribution in [0.2, 0.25) is 0 Å². The van der Waals surface area contributed by atoms with Crippen LogP contribution in [0.15, 0.2) is 0 Å². The normalized spacial score (nSPS) is 12.4. The molecule has 0 bridgehead atoms. The molecule has 0 saturated heterocycles. The molecule has 0 N–H and O–H groups in total. The first-order valence-electron chi connectivity index (χ1n) is 3.56. The molecule has 0 amide bonds. The van der Waals surface area contributed by atoms with Gasteiger partial charge in [0.05, 0.1) is 0 Å². The Morgan fingerprint density at radius 1 is 1.07 bits per heavy atom. The maximum atomic E-state index is 11.4. The molecule has 0 fully saturated rings. The van der Waals surface area contributed by atoms with Crippen molar-refractivity contribution in [1.82, 2.24) is 0 Å². The number of hydrogen-bond donors (Lipinski definition) is 0. The first kappa shape index (κ1) is 17.6. The predicted molar refractivity (Wildman–Crippen MR) is 35.2 cm³/mol. The van der Waals surface area contributed by atoms with E-state index in [1.54, 1.807) is 0 Å². The van der Waals surface area contributed by atoms with E-state index in [9.17, 15) is 26.1 Å². The van der Waals surface area contributed by atoms with Crippen molar-refractivity contribution in [3.8, 4) is 0 Å². The van der Waals surface area contributed by atoms with Gasteiger partial charge in [0.15, 0.2) is 0 Å². The zero-order valence-corrected chi connectivity index (χ0v) is 10.7. The minimum Gasteiger partial charge on any atom is -0.447 e. The predicted octanol–water partition coefficient (Wildman–Crippen LogP) is -0.264. The molecule has 9 heteroatoms. The molecular weight excluding hydrogens is 240 g/mol. The van der Waals surface area contributed by atoms with E-state index in [-0.39, 0.29) is 51.4 Å². The minimum absolute atomic E-state index is 0. The number of ether oxygens (including phenoxy) is 1. The molecule has 0 aliphatic carbocycles. The largest absolute Gasteiger partial charge is 1.00 e. The van der Waals surface area contributed by atoms with Crippen LogP contribution in [0.5, 0.6) is 0 Å². The smallest absolute Gasteiger partial charge is 0.447 e. The molecule has 0 aliphatic heterocycles. The summed E-state index contributed by atoms with van der Waals surface area (Å²) in [7, 11) is 0. The third kappa shape index (κ3) is 15.7. The van der Waals surface area contributed by atoms with E-state index in [1.165, 1.54) is 0 Å². The molecule has 0 aromatic heterocycles. The number of alkyl halides is 3. The fourth-order valence-electron chi connectivity index (χ4n) is 0.592. The Balaban J connectivity index is 0. The SMILES string of the molecule is F[B-](F)(F)COCCCC(F)(F)F.[K+].